The molecule has 2 rings (SSSR count). The molecular weight excluding hydrogens is 295 g/mol. The van der Waals surface area contributed by atoms with Crippen molar-refractivity contribution in [2.24, 2.45) is 0 Å². The lowest BCUT2D eigenvalue weighted by Gasteiger charge is -2.08. The highest BCUT2D eigenvalue weighted by Gasteiger charge is 2.11. The molecule has 0 spiro atoms. The first kappa shape index (κ1) is 13.3. The third-order valence-electron chi connectivity index (χ3n) is 2.19. The number of halogens is 2. The number of ketones is 1. The minimum atomic E-state index is -0.116. The normalized spacial score (nSPS) is 10.4. The maximum atomic E-state index is 11.5. The molecule has 0 atom stereocenters. The Bertz CT molecular complexity index is 586. The maximum absolute atomic E-state index is 11.5. The number of hydrogen-bond donors (Lipinski definition) is 0. The van der Waals surface area contributed by atoms with Crippen LogP contribution in [0.5, 0.6) is 5.75 Å². The van der Waals surface area contributed by atoms with E-state index < -0.39 is 0 Å². The van der Waals surface area contributed by atoms with Crippen molar-refractivity contribution in [1.82, 2.24) is 9.59 Å². The molecule has 7 heteroatoms. The fourth-order valence-electron chi connectivity index (χ4n) is 1.33. The number of nitrogens with zero attached hydrogens (tertiary/aromatic N) is 2. The first-order chi connectivity index (χ1) is 8.58. The third kappa shape index (κ3) is 2.98. The number of carbonyl (C=O) groups excluding carboxylic acids is 1. The smallest absolute Gasteiger partial charge is 0.163 e. The number of aromatic nitrogens is 2. The summed E-state index contributed by atoms with van der Waals surface area (Å²) in [6.45, 7) is 1.62. The van der Waals surface area contributed by atoms with E-state index in [0.29, 0.717) is 26.4 Å². The van der Waals surface area contributed by atoms with Crippen LogP contribution in [0.3, 0.4) is 0 Å². The van der Waals surface area contributed by atoms with E-state index in [1.165, 1.54) is 6.92 Å². The van der Waals surface area contributed by atoms with Crippen LogP contribution >= 0.6 is 34.7 Å². The van der Waals surface area contributed by atoms with Crippen LogP contribution < -0.4 is 4.74 Å². The van der Waals surface area contributed by atoms with E-state index in [2.05, 4.69) is 9.59 Å². The van der Waals surface area contributed by atoms with Gasteiger partial charge in [0.15, 0.2) is 5.78 Å². The summed E-state index contributed by atoms with van der Waals surface area (Å²) in [6, 6.07) is 4.87. The van der Waals surface area contributed by atoms with E-state index in [0.717, 1.165) is 11.5 Å². The molecule has 94 valence electrons. The van der Waals surface area contributed by atoms with E-state index in [9.17, 15) is 4.79 Å². The minimum Gasteiger partial charge on any atom is -0.486 e. The number of ether oxygens (including phenoxy) is 1. The van der Waals surface area contributed by atoms with Gasteiger partial charge in [0.2, 0.25) is 0 Å². The molecule has 0 fully saturated rings. The lowest BCUT2D eigenvalue weighted by Crippen LogP contribution is -2.02. The van der Waals surface area contributed by atoms with Gasteiger partial charge in [-0.3, -0.25) is 4.79 Å². The highest BCUT2D eigenvalue weighted by Crippen LogP contribution is 2.25. The van der Waals surface area contributed by atoms with Crippen molar-refractivity contribution in [2.75, 3.05) is 0 Å². The quantitative estimate of drug-likeness (QED) is 0.809. The zero-order valence-electron chi connectivity index (χ0n) is 9.31. The average Bonchev–Trinajstić information content (AvgIpc) is 2.73. The second-order valence-corrected chi connectivity index (χ2v) is 5.27. The van der Waals surface area contributed by atoms with E-state index in [-0.39, 0.29) is 12.4 Å². The van der Waals surface area contributed by atoms with Crippen molar-refractivity contribution in [3.05, 3.63) is 38.8 Å². The van der Waals surface area contributed by atoms with E-state index in [1.807, 2.05) is 0 Å². The molecule has 0 unspecified atom stereocenters. The molecule has 0 radical (unpaired) electrons. The Labute approximate surface area is 118 Å². The largest absolute Gasteiger partial charge is 0.486 e. The van der Waals surface area contributed by atoms with Crippen molar-refractivity contribution in [3.8, 4) is 5.75 Å². The van der Waals surface area contributed by atoms with Crippen LogP contribution in [-0.4, -0.2) is 15.4 Å². The van der Waals surface area contributed by atoms with Gasteiger partial charge in [-0.05, 0) is 25.1 Å². The van der Waals surface area contributed by atoms with Crippen LogP contribution in [0, 0.1) is 0 Å². The molecule has 0 aliphatic carbocycles. The predicted molar refractivity (Wildman–Crippen MR) is 70.7 cm³/mol. The van der Waals surface area contributed by atoms with Crippen molar-refractivity contribution < 1.29 is 9.53 Å². The molecule has 4 nitrogen and oxygen atoms in total. The molecular formula is C11H8Cl2N2O2S. The number of hydrogen-bond acceptors (Lipinski definition) is 5. The second kappa shape index (κ2) is 5.65. The van der Waals surface area contributed by atoms with Crippen LogP contribution in [0.2, 0.25) is 9.36 Å². The third-order valence-corrected chi connectivity index (χ3v) is 3.41. The summed E-state index contributed by atoms with van der Waals surface area (Å²) in [4.78, 5) is 11.5. The summed E-state index contributed by atoms with van der Waals surface area (Å²) in [6.07, 6.45) is 0. The van der Waals surface area contributed by atoms with Crippen LogP contribution in [0.1, 0.15) is 23.0 Å². The van der Waals surface area contributed by atoms with Crippen molar-refractivity contribution in [1.29, 1.82) is 0 Å². The zero-order chi connectivity index (χ0) is 13.1. The Morgan fingerprint density at radius 1 is 1.44 bits per heavy atom. The van der Waals surface area contributed by atoms with Gasteiger partial charge in [-0.2, -0.15) is 0 Å². The zero-order valence-corrected chi connectivity index (χ0v) is 11.6. The highest BCUT2D eigenvalue weighted by atomic mass is 35.5. The number of Topliss-reactive ketones (excluding diaryl/α,β-unsaturated/α-hetero) is 1. The van der Waals surface area contributed by atoms with Gasteiger partial charge < -0.3 is 4.74 Å². The molecule has 1 heterocycles. The Morgan fingerprint density at radius 2 is 2.22 bits per heavy atom. The molecule has 0 aliphatic heterocycles. The van der Waals surface area contributed by atoms with Crippen molar-refractivity contribution >= 4 is 40.5 Å². The maximum Gasteiger partial charge on any atom is 0.163 e. The Kier molecular flexibility index (Phi) is 4.16. The summed E-state index contributed by atoms with van der Waals surface area (Å²) < 4.78 is 9.70. The van der Waals surface area contributed by atoms with Gasteiger partial charge in [0.1, 0.15) is 22.4 Å². The van der Waals surface area contributed by atoms with Crippen LogP contribution in [0.4, 0.5) is 0 Å². The summed E-state index contributed by atoms with van der Waals surface area (Å²) in [5, 5.41) is 4.31. The van der Waals surface area contributed by atoms with Crippen molar-refractivity contribution in [2.45, 2.75) is 13.5 Å². The van der Waals surface area contributed by atoms with Gasteiger partial charge in [0.05, 0.1) is 5.56 Å². The van der Waals surface area contributed by atoms with Gasteiger partial charge >= 0.3 is 0 Å². The molecule has 0 N–H and O–H groups in total. The van der Waals surface area contributed by atoms with Gasteiger partial charge in [-0.15, -0.1) is 5.10 Å². The molecule has 1 aromatic heterocycles. The Morgan fingerprint density at radius 3 is 2.83 bits per heavy atom. The summed E-state index contributed by atoms with van der Waals surface area (Å²) in [7, 11) is 0. The van der Waals surface area contributed by atoms with Gasteiger partial charge in [-0.1, -0.05) is 27.7 Å². The molecule has 0 saturated carbocycles. The standard InChI is InChI=1S/C11H8Cl2N2O2S/c1-6(16)8-4-7(12)2-3-10(8)17-5-9-11(13)18-15-14-9/h2-4H,5H2,1H3. The first-order valence-corrected chi connectivity index (χ1v) is 6.51. The summed E-state index contributed by atoms with van der Waals surface area (Å²) in [5.41, 5.74) is 0.980. The SMILES string of the molecule is CC(=O)c1cc(Cl)ccc1OCc1nnsc1Cl. The molecule has 18 heavy (non-hydrogen) atoms. The average molecular weight is 303 g/mol. The van der Waals surface area contributed by atoms with Crippen LogP contribution in [-0.2, 0) is 6.61 Å². The minimum absolute atomic E-state index is 0.116. The number of benzene rings is 1. The molecule has 0 saturated heterocycles. The van der Waals surface area contributed by atoms with Crippen LogP contribution in [0.15, 0.2) is 18.2 Å². The first-order valence-electron chi connectivity index (χ1n) is 4.98. The van der Waals surface area contributed by atoms with Crippen LogP contribution in [0.25, 0.3) is 0 Å². The van der Waals surface area contributed by atoms with E-state index in [1.54, 1.807) is 18.2 Å². The number of rotatable bonds is 4. The van der Waals surface area contributed by atoms with Gasteiger partial charge in [0, 0.05) is 16.6 Å². The molecule has 2 aromatic rings. The lowest BCUT2D eigenvalue weighted by atomic mass is 10.1. The highest BCUT2D eigenvalue weighted by molar-refractivity contribution is 7.10. The van der Waals surface area contributed by atoms with Gasteiger partial charge in [-0.25, -0.2) is 0 Å². The molecule has 1 aromatic carbocycles. The molecule has 0 aliphatic rings. The van der Waals surface area contributed by atoms with E-state index in [4.69, 9.17) is 27.9 Å². The molecule has 0 bridgehead atoms. The lowest BCUT2D eigenvalue weighted by molar-refractivity contribution is 0.101. The number of carbonyl (C=O) groups is 1. The van der Waals surface area contributed by atoms with E-state index >= 15 is 0 Å². The predicted octanol–water partition coefficient (Wildman–Crippen LogP) is 3.63. The molecule has 0 amide bonds. The second-order valence-electron chi connectivity index (χ2n) is 3.48. The van der Waals surface area contributed by atoms with Gasteiger partial charge in [0.25, 0.3) is 0 Å². The Balaban J connectivity index is 2.19. The fraction of sp³-hybridized carbons (Fsp3) is 0.182. The Hall–Kier alpha value is -1.17. The van der Waals surface area contributed by atoms with Crippen molar-refractivity contribution in [3.63, 3.8) is 0 Å². The monoisotopic (exact) mass is 302 g/mol. The fourth-order valence-corrected chi connectivity index (χ4v) is 2.11. The summed E-state index contributed by atoms with van der Waals surface area (Å²) >= 11 is 12.8. The summed E-state index contributed by atoms with van der Waals surface area (Å²) in [5.74, 6) is 0.339. The topological polar surface area (TPSA) is 52.1 Å².